The van der Waals surface area contributed by atoms with Crippen LogP contribution in [0.5, 0.6) is 0 Å². The van der Waals surface area contributed by atoms with Crippen LogP contribution in [0.3, 0.4) is 0 Å². The Morgan fingerprint density at radius 2 is 1.92 bits per heavy atom. The maximum atomic E-state index is 11.2. The van der Waals surface area contributed by atoms with E-state index in [0.717, 1.165) is 0 Å². The summed E-state index contributed by atoms with van der Waals surface area (Å²) >= 11 is 11.9. The molecule has 0 radical (unpaired) electrons. The number of rotatable bonds is 4. The molecule has 6 nitrogen and oxygen atoms in total. The average Bonchev–Trinajstić information content (AvgIpc) is 3.01. The van der Waals surface area contributed by atoms with Crippen LogP contribution in [0.25, 0.3) is 22.6 Å². The fraction of sp³-hybridized carbons (Fsp3) is 0.0625. The Labute approximate surface area is 146 Å². The minimum absolute atomic E-state index is 0.124. The summed E-state index contributed by atoms with van der Waals surface area (Å²) < 4.78 is 5.32. The highest BCUT2D eigenvalue weighted by Crippen LogP contribution is 2.37. The largest absolute Gasteiger partial charge is 0.391 e. The first-order chi connectivity index (χ1) is 11.5. The molecule has 0 aliphatic rings. The second-order valence-electron chi connectivity index (χ2n) is 4.90. The van der Waals surface area contributed by atoms with E-state index in [9.17, 15) is 15.2 Å². The Balaban J connectivity index is 2.18. The lowest BCUT2D eigenvalue weighted by Crippen LogP contribution is -1.94. The number of halogens is 2. The predicted octanol–water partition coefficient (Wildman–Crippen LogP) is 4.72. The van der Waals surface area contributed by atoms with E-state index < -0.39 is 11.5 Å². The maximum absolute atomic E-state index is 11.2. The summed E-state index contributed by atoms with van der Waals surface area (Å²) in [5.74, 6) is 0.282. The summed E-state index contributed by atoms with van der Waals surface area (Å²) in [6.07, 6.45) is 0. The molecule has 0 atom stereocenters. The molecule has 0 bridgehead atoms. The lowest BCUT2D eigenvalue weighted by atomic mass is 10.0. The first-order valence-electron chi connectivity index (χ1n) is 6.81. The van der Waals surface area contributed by atoms with Gasteiger partial charge < -0.3 is 9.63 Å². The number of hydrogen-bond acceptors (Lipinski definition) is 5. The van der Waals surface area contributed by atoms with Crippen molar-refractivity contribution in [2.75, 3.05) is 0 Å². The number of aliphatic hydroxyl groups is 1. The number of nitro groups is 1. The van der Waals surface area contributed by atoms with Crippen LogP contribution in [0.2, 0.25) is 10.0 Å². The molecule has 0 unspecified atom stereocenters. The van der Waals surface area contributed by atoms with Crippen LogP contribution in [-0.2, 0) is 6.61 Å². The molecule has 0 fully saturated rings. The minimum atomic E-state index is -0.510. The fourth-order valence-corrected chi connectivity index (χ4v) is 2.66. The summed E-state index contributed by atoms with van der Waals surface area (Å²) in [4.78, 5) is 10.7. The number of para-hydroxylation sites is 1. The van der Waals surface area contributed by atoms with Gasteiger partial charge in [-0.2, -0.15) is 0 Å². The van der Waals surface area contributed by atoms with E-state index in [4.69, 9.17) is 27.7 Å². The molecular weight excluding hydrogens is 355 g/mol. The summed E-state index contributed by atoms with van der Waals surface area (Å²) in [7, 11) is 0. The zero-order valence-electron chi connectivity index (χ0n) is 12.1. The molecule has 2 aromatic carbocycles. The van der Waals surface area contributed by atoms with Gasteiger partial charge in [-0.05, 0) is 24.3 Å². The van der Waals surface area contributed by atoms with Crippen molar-refractivity contribution in [3.8, 4) is 22.6 Å². The van der Waals surface area contributed by atoms with Gasteiger partial charge in [-0.15, -0.1) is 0 Å². The number of aromatic nitrogens is 1. The smallest absolute Gasteiger partial charge is 0.278 e. The van der Waals surface area contributed by atoms with Gasteiger partial charge in [0.15, 0.2) is 5.76 Å². The van der Waals surface area contributed by atoms with Crippen LogP contribution in [0.4, 0.5) is 5.69 Å². The molecule has 0 saturated carbocycles. The van der Waals surface area contributed by atoms with E-state index in [-0.39, 0.29) is 22.7 Å². The summed E-state index contributed by atoms with van der Waals surface area (Å²) in [5, 5.41) is 25.6. The van der Waals surface area contributed by atoms with Crippen molar-refractivity contribution in [1.82, 2.24) is 5.16 Å². The van der Waals surface area contributed by atoms with E-state index in [1.165, 1.54) is 6.07 Å². The lowest BCUT2D eigenvalue weighted by Gasteiger charge is -2.03. The van der Waals surface area contributed by atoms with E-state index in [0.29, 0.717) is 21.2 Å². The lowest BCUT2D eigenvalue weighted by molar-refractivity contribution is -0.384. The first kappa shape index (κ1) is 16.4. The third-order valence-electron chi connectivity index (χ3n) is 3.48. The molecule has 0 saturated heterocycles. The van der Waals surface area contributed by atoms with E-state index >= 15 is 0 Å². The zero-order chi connectivity index (χ0) is 17.3. The number of hydrogen-bond donors (Lipinski definition) is 1. The van der Waals surface area contributed by atoms with Gasteiger partial charge in [0, 0.05) is 11.6 Å². The highest BCUT2D eigenvalue weighted by atomic mass is 35.5. The number of aliphatic hydroxyl groups excluding tert-OH is 1. The highest BCUT2D eigenvalue weighted by Gasteiger charge is 2.24. The van der Waals surface area contributed by atoms with Crippen LogP contribution in [0.1, 0.15) is 5.56 Å². The molecule has 0 spiro atoms. The standard InChI is InChI=1S/C16H10Cl2N2O4/c17-12-6-5-9(7-13(12)18)16-11(8-21)15(19-24-16)10-3-1-2-4-14(10)20(22)23/h1-7,21H,8H2. The molecule has 0 aliphatic heterocycles. The molecule has 1 heterocycles. The number of nitrogens with zero attached hydrogens (tertiary/aromatic N) is 2. The van der Waals surface area contributed by atoms with Crippen molar-refractivity contribution in [3.05, 3.63) is 68.2 Å². The normalized spacial score (nSPS) is 10.8. The van der Waals surface area contributed by atoms with Gasteiger partial charge in [0.1, 0.15) is 5.69 Å². The van der Waals surface area contributed by atoms with Gasteiger partial charge in [0.25, 0.3) is 5.69 Å². The zero-order valence-corrected chi connectivity index (χ0v) is 13.6. The van der Waals surface area contributed by atoms with Crippen LogP contribution < -0.4 is 0 Å². The molecule has 122 valence electrons. The summed E-state index contributed by atoms with van der Waals surface area (Å²) in [5.41, 5.74) is 1.25. The van der Waals surface area contributed by atoms with Crippen molar-refractivity contribution in [2.45, 2.75) is 6.61 Å². The van der Waals surface area contributed by atoms with Crippen LogP contribution in [0, 0.1) is 10.1 Å². The topological polar surface area (TPSA) is 89.4 Å². The number of nitro benzene ring substituents is 1. The van der Waals surface area contributed by atoms with Crippen LogP contribution in [-0.4, -0.2) is 15.2 Å². The molecule has 0 aliphatic carbocycles. The Morgan fingerprint density at radius 3 is 2.58 bits per heavy atom. The van der Waals surface area contributed by atoms with Crippen molar-refractivity contribution >= 4 is 28.9 Å². The molecule has 3 rings (SSSR count). The van der Waals surface area contributed by atoms with Gasteiger partial charge in [-0.25, -0.2) is 0 Å². The van der Waals surface area contributed by atoms with Crippen LogP contribution >= 0.6 is 23.2 Å². The molecule has 1 N–H and O–H groups in total. The van der Waals surface area contributed by atoms with Crippen molar-refractivity contribution in [2.24, 2.45) is 0 Å². The van der Waals surface area contributed by atoms with E-state index in [2.05, 4.69) is 5.16 Å². The molecule has 8 heteroatoms. The predicted molar refractivity (Wildman–Crippen MR) is 90.0 cm³/mol. The second kappa shape index (κ2) is 6.60. The Morgan fingerprint density at radius 1 is 1.17 bits per heavy atom. The Hall–Kier alpha value is -2.41. The van der Waals surface area contributed by atoms with Gasteiger partial charge >= 0.3 is 0 Å². The fourth-order valence-electron chi connectivity index (χ4n) is 2.36. The Kier molecular flexibility index (Phi) is 4.53. The van der Waals surface area contributed by atoms with Gasteiger partial charge in [-0.1, -0.05) is 40.5 Å². The summed E-state index contributed by atoms with van der Waals surface area (Å²) in [6, 6.07) is 11.0. The monoisotopic (exact) mass is 364 g/mol. The van der Waals surface area contributed by atoms with Crippen molar-refractivity contribution in [3.63, 3.8) is 0 Å². The minimum Gasteiger partial charge on any atom is -0.391 e. The van der Waals surface area contributed by atoms with Crippen molar-refractivity contribution < 1.29 is 14.6 Å². The van der Waals surface area contributed by atoms with Gasteiger partial charge in [-0.3, -0.25) is 10.1 Å². The maximum Gasteiger partial charge on any atom is 0.278 e. The molecule has 1 aromatic heterocycles. The molecular formula is C16H10Cl2N2O4. The van der Waals surface area contributed by atoms with E-state index in [1.54, 1.807) is 36.4 Å². The van der Waals surface area contributed by atoms with Crippen LogP contribution in [0.15, 0.2) is 47.0 Å². The van der Waals surface area contributed by atoms with Gasteiger partial charge in [0.05, 0.1) is 32.7 Å². The number of benzene rings is 2. The second-order valence-corrected chi connectivity index (χ2v) is 5.71. The van der Waals surface area contributed by atoms with E-state index in [1.807, 2.05) is 0 Å². The molecule has 3 aromatic rings. The Bertz CT molecular complexity index is 924. The quantitative estimate of drug-likeness (QED) is 0.534. The molecule has 24 heavy (non-hydrogen) atoms. The average molecular weight is 365 g/mol. The SMILES string of the molecule is O=[N+]([O-])c1ccccc1-c1noc(-c2ccc(Cl)c(Cl)c2)c1CO. The third-order valence-corrected chi connectivity index (χ3v) is 4.22. The third kappa shape index (κ3) is 2.87. The summed E-state index contributed by atoms with van der Waals surface area (Å²) in [6.45, 7) is -0.402. The first-order valence-corrected chi connectivity index (χ1v) is 7.57. The molecule has 0 amide bonds. The van der Waals surface area contributed by atoms with Crippen molar-refractivity contribution in [1.29, 1.82) is 0 Å². The van der Waals surface area contributed by atoms with Gasteiger partial charge in [0.2, 0.25) is 0 Å². The highest BCUT2D eigenvalue weighted by molar-refractivity contribution is 6.42.